The van der Waals surface area contributed by atoms with Gasteiger partial charge in [0.25, 0.3) is 0 Å². The number of unbranched alkanes of at least 4 members (excludes halogenated alkanes) is 3. The predicted octanol–water partition coefficient (Wildman–Crippen LogP) is 9.31. The van der Waals surface area contributed by atoms with Crippen LogP contribution in [0.2, 0.25) is 0 Å². The molecule has 0 aliphatic carbocycles. The van der Waals surface area contributed by atoms with E-state index in [9.17, 15) is 10.2 Å². The molecule has 2 aromatic rings. The van der Waals surface area contributed by atoms with E-state index >= 15 is 0 Å². The smallest absolute Gasteiger partial charge is 0.123 e. The molecule has 214 valence electrons. The van der Waals surface area contributed by atoms with Crippen molar-refractivity contribution in [1.29, 1.82) is 0 Å². The average Bonchev–Trinajstić information content (AvgIpc) is 2.74. The molecule has 0 aliphatic rings. The van der Waals surface area contributed by atoms with Gasteiger partial charge >= 0.3 is 0 Å². The van der Waals surface area contributed by atoms with E-state index in [2.05, 4.69) is 83.1 Å². The maximum absolute atomic E-state index is 10.9. The zero-order valence-corrected chi connectivity index (χ0v) is 26.3. The Morgan fingerprint density at radius 2 is 0.684 bits per heavy atom. The van der Waals surface area contributed by atoms with Crippen molar-refractivity contribution in [3.63, 3.8) is 0 Å². The third kappa shape index (κ3) is 8.58. The van der Waals surface area contributed by atoms with Crippen LogP contribution in [0.3, 0.4) is 0 Å². The molecular formula is C34H54O4. The molecule has 0 radical (unpaired) electrons. The van der Waals surface area contributed by atoms with Crippen LogP contribution in [0.15, 0.2) is 24.3 Å². The minimum absolute atomic E-state index is 0.164. The molecule has 0 aliphatic heterocycles. The van der Waals surface area contributed by atoms with E-state index < -0.39 is 0 Å². The van der Waals surface area contributed by atoms with E-state index in [1.807, 2.05) is 24.3 Å². The minimum Gasteiger partial charge on any atom is -0.507 e. The Balaban J connectivity index is 1.91. The maximum Gasteiger partial charge on any atom is 0.123 e. The van der Waals surface area contributed by atoms with Gasteiger partial charge in [0.1, 0.15) is 23.0 Å². The Bertz CT molecular complexity index is 912. The summed E-state index contributed by atoms with van der Waals surface area (Å²) in [6.07, 6.45) is 4.07. The molecule has 0 saturated carbocycles. The van der Waals surface area contributed by atoms with Gasteiger partial charge in [-0.1, -0.05) is 83.1 Å². The molecule has 2 N–H and O–H groups in total. The second-order valence-corrected chi connectivity index (χ2v) is 14.8. The fourth-order valence-corrected chi connectivity index (χ4v) is 4.61. The Labute approximate surface area is 232 Å². The van der Waals surface area contributed by atoms with Gasteiger partial charge in [-0.25, -0.2) is 0 Å². The lowest BCUT2D eigenvalue weighted by atomic mass is 9.79. The zero-order valence-electron chi connectivity index (χ0n) is 26.3. The summed E-state index contributed by atoms with van der Waals surface area (Å²) in [5.74, 6) is 2.43. The van der Waals surface area contributed by atoms with Crippen molar-refractivity contribution in [3.8, 4) is 23.0 Å². The average molecular weight is 527 g/mol. The van der Waals surface area contributed by atoms with Crippen molar-refractivity contribution in [2.45, 2.75) is 130 Å². The summed E-state index contributed by atoms with van der Waals surface area (Å²) in [6.45, 7) is 26.7. The monoisotopic (exact) mass is 526 g/mol. The number of benzene rings is 2. The fourth-order valence-electron chi connectivity index (χ4n) is 4.61. The summed E-state index contributed by atoms with van der Waals surface area (Å²) >= 11 is 0. The lowest BCUT2D eigenvalue weighted by molar-refractivity contribution is 0.285. The molecule has 2 rings (SSSR count). The van der Waals surface area contributed by atoms with Gasteiger partial charge in [-0.15, -0.1) is 0 Å². The molecule has 0 atom stereocenters. The molecule has 0 spiro atoms. The van der Waals surface area contributed by atoms with Crippen molar-refractivity contribution < 1.29 is 19.7 Å². The summed E-state index contributed by atoms with van der Waals surface area (Å²) in [6, 6.07) is 7.98. The molecule has 0 saturated heterocycles. The first kappa shape index (κ1) is 31.9. The second kappa shape index (κ2) is 11.8. The van der Waals surface area contributed by atoms with Crippen molar-refractivity contribution >= 4 is 0 Å². The molecule has 0 unspecified atom stereocenters. The highest BCUT2D eigenvalue weighted by atomic mass is 16.5. The summed E-state index contributed by atoms with van der Waals surface area (Å²) in [7, 11) is 0. The summed E-state index contributed by atoms with van der Waals surface area (Å²) < 4.78 is 12.3. The number of ether oxygens (including phenoxy) is 2. The van der Waals surface area contributed by atoms with Gasteiger partial charge in [0.05, 0.1) is 13.2 Å². The standard InChI is InChI=1S/C34H54O4/c1-31(2,3)25-19-23(20-26(29(25)35)32(4,5)6)37-17-15-13-14-16-18-38-24-21-27(33(7,8)9)30(36)28(22-24)34(10,11)12/h19-22,35-36H,13-18H2,1-12H3. The SMILES string of the molecule is CC(C)(C)c1cc(OCCCCCCOc2cc(C(C)(C)C)c(O)c(C(C)(C)C)c2)cc(C(C)(C)C)c1O. The van der Waals surface area contributed by atoms with E-state index in [1.165, 1.54) is 0 Å². The number of hydrogen-bond acceptors (Lipinski definition) is 4. The van der Waals surface area contributed by atoms with Crippen LogP contribution in [-0.4, -0.2) is 23.4 Å². The molecular weight excluding hydrogens is 472 g/mol. The number of phenolic OH excluding ortho intramolecular Hbond substituents is 2. The second-order valence-electron chi connectivity index (χ2n) is 14.8. The van der Waals surface area contributed by atoms with Gasteiger partial charge in [-0.3, -0.25) is 0 Å². The van der Waals surface area contributed by atoms with Gasteiger partial charge in [0.15, 0.2) is 0 Å². The molecule has 4 nitrogen and oxygen atoms in total. The normalized spacial score (nSPS) is 13.1. The topological polar surface area (TPSA) is 58.9 Å². The Hall–Kier alpha value is -2.36. The van der Waals surface area contributed by atoms with E-state index in [4.69, 9.17) is 9.47 Å². The largest absolute Gasteiger partial charge is 0.507 e. The van der Waals surface area contributed by atoms with Crippen LogP contribution in [0.25, 0.3) is 0 Å². The number of rotatable bonds is 9. The molecule has 0 amide bonds. The van der Waals surface area contributed by atoms with Crippen LogP contribution in [0, 0.1) is 0 Å². The highest BCUT2D eigenvalue weighted by molar-refractivity contribution is 5.53. The van der Waals surface area contributed by atoms with E-state index in [1.54, 1.807) is 0 Å². The Morgan fingerprint density at radius 1 is 0.447 bits per heavy atom. The molecule has 2 aromatic carbocycles. The van der Waals surface area contributed by atoms with Crippen LogP contribution in [0.5, 0.6) is 23.0 Å². The molecule has 0 fully saturated rings. The molecule has 0 bridgehead atoms. The zero-order chi connectivity index (χ0) is 29.1. The summed E-state index contributed by atoms with van der Waals surface area (Å²) in [4.78, 5) is 0. The highest BCUT2D eigenvalue weighted by Gasteiger charge is 2.28. The maximum atomic E-state index is 10.9. The van der Waals surface area contributed by atoms with Gasteiger partial charge in [0, 0.05) is 22.3 Å². The van der Waals surface area contributed by atoms with Gasteiger partial charge in [0.2, 0.25) is 0 Å². The lowest BCUT2D eigenvalue weighted by Crippen LogP contribution is -2.17. The third-order valence-corrected chi connectivity index (χ3v) is 6.98. The van der Waals surface area contributed by atoms with E-state index in [-0.39, 0.29) is 21.7 Å². The number of aromatic hydroxyl groups is 2. The van der Waals surface area contributed by atoms with Crippen LogP contribution in [-0.2, 0) is 21.7 Å². The molecule has 38 heavy (non-hydrogen) atoms. The first-order valence-electron chi connectivity index (χ1n) is 14.2. The Kier molecular flexibility index (Phi) is 9.89. The van der Waals surface area contributed by atoms with E-state index in [0.717, 1.165) is 59.4 Å². The van der Waals surface area contributed by atoms with Crippen LogP contribution >= 0.6 is 0 Å². The van der Waals surface area contributed by atoms with Crippen molar-refractivity contribution in [2.75, 3.05) is 13.2 Å². The van der Waals surface area contributed by atoms with Gasteiger partial charge in [-0.05, 0) is 71.6 Å². The number of phenols is 2. The number of hydrogen-bond donors (Lipinski definition) is 2. The lowest BCUT2D eigenvalue weighted by Gasteiger charge is -2.28. The van der Waals surface area contributed by atoms with Crippen molar-refractivity contribution in [3.05, 3.63) is 46.5 Å². The summed E-state index contributed by atoms with van der Waals surface area (Å²) in [5, 5.41) is 21.8. The van der Waals surface area contributed by atoms with Crippen molar-refractivity contribution in [1.82, 2.24) is 0 Å². The van der Waals surface area contributed by atoms with E-state index in [0.29, 0.717) is 24.7 Å². The molecule has 0 heterocycles. The van der Waals surface area contributed by atoms with Crippen molar-refractivity contribution in [2.24, 2.45) is 0 Å². The molecule has 4 heteroatoms. The highest BCUT2D eigenvalue weighted by Crippen LogP contribution is 2.43. The van der Waals surface area contributed by atoms with Crippen LogP contribution < -0.4 is 9.47 Å². The third-order valence-electron chi connectivity index (χ3n) is 6.98. The molecule has 0 aromatic heterocycles. The minimum atomic E-state index is -0.164. The first-order valence-corrected chi connectivity index (χ1v) is 14.2. The van der Waals surface area contributed by atoms with Crippen LogP contribution in [0.4, 0.5) is 0 Å². The van der Waals surface area contributed by atoms with Gasteiger partial charge < -0.3 is 19.7 Å². The van der Waals surface area contributed by atoms with Crippen LogP contribution in [0.1, 0.15) is 131 Å². The fraction of sp³-hybridized carbons (Fsp3) is 0.647. The quantitative estimate of drug-likeness (QED) is 0.320. The first-order chi connectivity index (χ1) is 17.2. The van der Waals surface area contributed by atoms with Gasteiger partial charge in [-0.2, -0.15) is 0 Å². The Morgan fingerprint density at radius 3 is 0.895 bits per heavy atom. The predicted molar refractivity (Wildman–Crippen MR) is 160 cm³/mol. The summed E-state index contributed by atoms with van der Waals surface area (Å²) in [5.41, 5.74) is 3.05.